The normalized spacial score (nSPS) is 12.2. The molecule has 0 fully saturated rings. The molecular formula is C48H28N4S. The van der Waals surface area contributed by atoms with Crippen molar-refractivity contribution in [2.24, 2.45) is 0 Å². The molecule has 53 heavy (non-hydrogen) atoms. The van der Waals surface area contributed by atoms with Gasteiger partial charge in [0.2, 0.25) is 5.95 Å². The Balaban J connectivity index is 1.25. The van der Waals surface area contributed by atoms with Crippen molar-refractivity contribution < 1.29 is 0 Å². The fourth-order valence-electron chi connectivity index (χ4n) is 8.67. The molecule has 0 saturated heterocycles. The second-order valence-electron chi connectivity index (χ2n) is 13.7. The Labute approximate surface area is 307 Å². The minimum atomic E-state index is 0.675. The summed E-state index contributed by atoms with van der Waals surface area (Å²) >= 11 is 1.81. The van der Waals surface area contributed by atoms with Crippen LogP contribution in [0, 0.1) is 0 Å². The van der Waals surface area contributed by atoms with E-state index in [0.717, 1.165) is 38.2 Å². The number of hydrogen-bond acceptors (Lipinski definition) is 3. The van der Waals surface area contributed by atoms with Crippen LogP contribution in [0.5, 0.6) is 0 Å². The maximum absolute atomic E-state index is 5.58. The highest BCUT2D eigenvalue weighted by atomic mass is 32.1. The standard InChI is InChI=1S/C48H28N4S/c1-2-14-30(15-3-1)51-39-23-11-10-20-35(39)38-28-29(26-27-42(38)51)44-47-45(43-36-21-6-4-16-31(36)32-17-5-7-22-37(32)46(43)53-47)50-48(49-44)52-40-24-12-8-18-33(40)34-19-9-13-25-41(34)52/h1-28H. The predicted molar refractivity (Wildman–Crippen MR) is 224 cm³/mol. The minimum Gasteiger partial charge on any atom is -0.309 e. The van der Waals surface area contributed by atoms with Crippen molar-refractivity contribution in [3.63, 3.8) is 0 Å². The molecule has 0 aliphatic rings. The highest BCUT2D eigenvalue weighted by Crippen LogP contribution is 2.47. The second kappa shape index (κ2) is 10.8. The van der Waals surface area contributed by atoms with Crippen molar-refractivity contribution in [3.8, 4) is 22.9 Å². The number of nitrogens with zero attached hydrogens (tertiary/aromatic N) is 4. The summed E-state index contributed by atoms with van der Waals surface area (Å²) in [5, 5.41) is 10.9. The van der Waals surface area contributed by atoms with Gasteiger partial charge in [0.1, 0.15) is 0 Å². The Hall–Kier alpha value is -6.82. The van der Waals surface area contributed by atoms with Gasteiger partial charge in [0.15, 0.2) is 0 Å². The van der Waals surface area contributed by atoms with Crippen molar-refractivity contribution >= 4 is 96.8 Å². The topological polar surface area (TPSA) is 35.6 Å². The highest BCUT2D eigenvalue weighted by molar-refractivity contribution is 7.27. The second-order valence-corrected chi connectivity index (χ2v) is 14.8. The number of fused-ring (bicyclic) bond motifs is 14. The molecule has 0 atom stereocenters. The van der Waals surface area contributed by atoms with E-state index in [0.29, 0.717) is 5.95 Å². The van der Waals surface area contributed by atoms with Gasteiger partial charge in [0, 0.05) is 48.3 Å². The van der Waals surface area contributed by atoms with E-state index in [1.807, 2.05) is 11.3 Å². The largest absolute Gasteiger partial charge is 0.309 e. The van der Waals surface area contributed by atoms with Crippen LogP contribution >= 0.6 is 11.3 Å². The molecular weight excluding hydrogens is 665 g/mol. The number of para-hydroxylation sites is 4. The van der Waals surface area contributed by atoms with E-state index in [-0.39, 0.29) is 0 Å². The first-order valence-corrected chi connectivity index (χ1v) is 18.7. The molecule has 4 heterocycles. The van der Waals surface area contributed by atoms with Crippen LogP contribution in [0.4, 0.5) is 0 Å². The molecule has 0 unspecified atom stereocenters. The van der Waals surface area contributed by atoms with Crippen molar-refractivity contribution in [2.45, 2.75) is 0 Å². The number of thiophene rings is 1. The molecule has 8 aromatic carbocycles. The monoisotopic (exact) mass is 692 g/mol. The zero-order valence-electron chi connectivity index (χ0n) is 28.4. The van der Waals surface area contributed by atoms with Crippen LogP contribution in [0.25, 0.3) is 108 Å². The van der Waals surface area contributed by atoms with Crippen LogP contribution in [0.1, 0.15) is 0 Å². The lowest BCUT2D eigenvalue weighted by Gasteiger charge is -2.11. The number of aromatic nitrogens is 4. The van der Waals surface area contributed by atoms with E-state index >= 15 is 0 Å². The first-order chi connectivity index (χ1) is 26.3. The van der Waals surface area contributed by atoms with Crippen LogP contribution in [-0.2, 0) is 0 Å². The van der Waals surface area contributed by atoms with Gasteiger partial charge in [0.05, 0.1) is 38.0 Å². The molecule has 0 radical (unpaired) electrons. The summed E-state index contributed by atoms with van der Waals surface area (Å²) in [5.41, 5.74) is 8.69. The Bertz CT molecular complexity index is 3410. The average Bonchev–Trinajstić information content (AvgIpc) is 3.89. The first kappa shape index (κ1) is 28.8. The lowest BCUT2D eigenvalue weighted by atomic mass is 9.98. The fourth-order valence-corrected chi connectivity index (χ4v) is 9.97. The van der Waals surface area contributed by atoms with Crippen molar-refractivity contribution in [2.75, 3.05) is 0 Å². The summed E-state index contributed by atoms with van der Waals surface area (Å²) in [4.78, 5) is 11.1. The summed E-state index contributed by atoms with van der Waals surface area (Å²) in [6.45, 7) is 0. The third-order valence-electron chi connectivity index (χ3n) is 10.9. The minimum absolute atomic E-state index is 0.675. The molecule has 0 spiro atoms. The van der Waals surface area contributed by atoms with Gasteiger partial charge in [-0.1, -0.05) is 127 Å². The summed E-state index contributed by atoms with van der Waals surface area (Å²) in [6, 6.07) is 61.0. The highest BCUT2D eigenvalue weighted by Gasteiger charge is 2.23. The first-order valence-electron chi connectivity index (χ1n) is 17.9. The summed E-state index contributed by atoms with van der Waals surface area (Å²) in [6.07, 6.45) is 0. The van der Waals surface area contributed by atoms with Gasteiger partial charge in [-0.2, -0.15) is 0 Å². The smallest absolute Gasteiger partial charge is 0.235 e. The molecule has 0 N–H and O–H groups in total. The molecule has 0 aliphatic heterocycles. The van der Waals surface area contributed by atoms with Gasteiger partial charge >= 0.3 is 0 Å². The lowest BCUT2D eigenvalue weighted by Crippen LogP contribution is -2.02. The summed E-state index contributed by atoms with van der Waals surface area (Å²) < 4.78 is 6.95. The molecule has 0 bridgehead atoms. The van der Waals surface area contributed by atoms with Gasteiger partial charge in [-0.15, -0.1) is 11.3 Å². The van der Waals surface area contributed by atoms with Gasteiger partial charge < -0.3 is 4.57 Å². The van der Waals surface area contributed by atoms with Crippen molar-refractivity contribution in [1.82, 2.24) is 19.1 Å². The predicted octanol–water partition coefficient (Wildman–Crippen LogP) is 13.0. The quantitative estimate of drug-likeness (QED) is 0.173. The lowest BCUT2D eigenvalue weighted by molar-refractivity contribution is 1.02. The maximum atomic E-state index is 5.58. The van der Waals surface area contributed by atoms with Crippen LogP contribution < -0.4 is 0 Å². The van der Waals surface area contributed by atoms with E-state index in [4.69, 9.17) is 9.97 Å². The van der Waals surface area contributed by atoms with Crippen LogP contribution in [-0.4, -0.2) is 19.1 Å². The Morgan fingerprint density at radius 3 is 1.57 bits per heavy atom. The molecule has 4 aromatic heterocycles. The molecule has 12 rings (SSSR count). The van der Waals surface area contributed by atoms with Crippen molar-refractivity contribution in [3.05, 3.63) is 170 Å². The van der Waals surface area contributed by atoms with E-state index in [1.54, 1.807) is 0 Å². The maximum Gasteiger partial charge on any atom is 0.235 e. The van der Waals surface area contributed by atoms with Gasteiger partial charge in [0.25, 0.3) is 0 Å². The van der Waals surface area contributed by atoms with E-state index in [2.05, 4.69) is 179 Å². The Morgan fingerprint density at radius 1 is 0.377 bits per heavy atom. The van der Waals surface area contributed by atoms with Gasteiger partial charge in [-0.05, 0) is 58.6 Å². The van der Waals surface area contributed by atoms with Gasteiger partial charge in [-0.3, -0.25) is 4.57 Å². The van der Waals surface area contributed by atoms with Gasteiger partial charge in [-0.25, -0.2) is 9.97 Å². The SMILES string of the molecule is c1ccc(-n2c3ccccc3c3cc(-c4nc(-n5c6ccccc6c6ccccc65)nc5c4sc4c6ccccc6c6ccccc6c54)ccc32)cc1. The summed E-state index contributed by atoms with van der Waals surface area (Å²) in [7, 11) is 0. The molecule has 246 valence electrons. The van der Waals surface area contributed by atoms with E-state index < -0.39 is 0 Å². The average molecular weight is 693 g/mol. The molecule has 5 heteroatoms. The number of hydrogen-bond donors (Lipinski definition) is 0. The summed E-state index contributed by atoms with van der Waals surface area (Å²) in [5.74, 6) is 0.675. The van der Waals surface area contributed by atoms with E-state index in [9.17, 15) is 0 Å². The van der Waals surface area contributed by atoms with Crippen LogP contribution in [0.2, 0.25) is 0 Å². The Morgan fingerprint density at radius 2 is 0.887 bits per heavy atom. The van der Waals surface area contributed by atoms with Crippen LogP contribution in [0.15, 0.2) is 170 Å². The third-order valence-corrected chi connectivity index (χ3v) is 12.1. The molecule has 12 aromatic rings. The zero-order valence-corrected chi connectivity index (χ0v) is 29.2. The molecule has 0 saturated carbocycles. The molecule has 4 nitrogen and oxygen atoms in total. The zero-order chi connectivity index (χ0) is 34.6. The van der Waals surface area contributed by atoms with E-state index in [1.165, 1.54) is 64.2 Å². The molecule has 0 amide bonds. The number of rotatable bonds is 3. The van der Waals surface area contributed by atoms with Crippen LogP contribution in [0.3, 0.4) is 0 Å². The Kier molecular flexibility index (Phi) is 5.90. The fraction of sp³-hybridized carbons (Fsp3) is 0. The molecule has 0 aliphatic carbocycles. The number of benzene rings is 8. The third kappa shape index (κ3) is 4.00. The van der Waals surface area contributed by atoms with Crippen molar-refractivity contribution in [1.29, 1.82) is 0 Å².